The molecule has 2 aromatic carbocycles. The molecule has 1 saturated carbocycles. The predicted octanol–water partition coefficient (Wildman–Crippen LogP) is 1.75. The first-order valence-electron chi connectivity index (χ1n) is 13.7. The van der Waals surface area contributed by atoms with Crippen LogP contribution in [0.4, 0.5) is 0 Å². The Kier molecular flexibility index (Phi) is 6.36. The van der Waals surface area contributed by atoms with Gasteiger partial charge in [0, 0.05) is 17.3 Å². The lowest BCUT2D eigenvalue weighted by Crippen LogP contribution is -2.76. The van der Waals surface area contributed by atoms with Crippen molar-refractivity contribution in [2.24, 2.45) is 16.6 Å². The van der Waals surface area contributed by atoms with Gasteiger partial charge in [0.05, 0.1) is 29.1 Å². The minimum Gasteiger partial charge on any atom is -0.508 e. The molecule has 2 aromatic rings. The molecule has 1 spiro atoms. The maximum absolute atomic E-state index is 14.4. The minimum atomic E-state index is -3.14. The Morgan fingerprint density at radius 3 is 2.18 bits per heavy atom. The van der Waals surface area contributed by atoms with Crippen molar-refractivity contribution in [1.29, 1.82) is 0 Å². The number of carbonyl (C=O) groups is 4. The summed E-state index contributed by atoms with van der Waals surface area (Å²) in [5, 5.41) is 58.3. The van der Waals surface area contributed by atoms with Crippen molar-refractivity contribution in [3.8, 4) is 16.9 Å². The van der Waals surface area contributed by atoms with Crippen molar-refractivity contribution in [3.05, 3.63) is 108 Å². The monoisotopic (exact) mass is 609 g/mol. The van der Waals surface area contributed by atoms with Gasteiger partial charge in [-0.2, -0.15) is 0 Å². The Morgan fingerprint density at radius 1 is 1.00 bits per heavy atom. The molecule has 12 nitrogen and oxygen atoms in total. The largest absolute Gasteiger partial charge is 0.508 e. The van der Waals surface area contributed by atoms with Crippen molar-refractivity contribution in [2.45, 2.75) is 29.2 Å². The van der Waals surface area contributed by atoms with Crippen LogP contribution in [0, 0.1) is 5.92 Å². The van der Waals surface area contributed by atoms with Crippen LogP contribution in [0.15, 0.2) is 96.5 Å². The van der Waals surface area contributed by atoms with Gasteiger partial charge in [-0.05, 0) is 29.6 Å². The summed E-state index contributed by atoms with van der Waals surface area (Å²) < 4.78 is 0. The number of allylic oxidation sites excluding steroid dienone is 1. The normalized spacial score (nSPS) is 29.5. The summed E-state index contributed by atoms with van der Waals surface area (Å²) in [6, 6.07) is 7.63. The van der Waals surface area contributed by atoms with E-state index >= 15 is 0 Å². The van der Waals surface area contributed by atoms with Gasteiger partial charge in [-0.3, -0.25) is 24.2 Å². The molecule has 1 heterocycles. The highest BCUT2D eigenvalue weighted by Crippen LogP contribution is 2.62. The molecular formula is C33H27N3O9. The quantitative estimate of drug-likeness (QED) is 0.152. The third-order valence-electron chi connectivity index (χ3n) is 9.29. The van der Waals surface area contributed by atoms with E-state index in [0.29, 0.717) is 11.1 Å². The van der Waals surface area contributed by atoms with E-state index in [1.165, 1.54) is 18.3 Å². The molecule has 1 fully saturated rings. The molecule has 7 N–H and O–H groups in total. The maximum Gasteiger partial charge on any atom is 0.255 e. The molecule has 12 heteroatoms. The van der Waals surface area contributed by atoms with Crippen LogP contribution in [0.5, 0.6) is 5.75 Å². The topological polar surface area (TPSA) is 211 Å². The molecule has 3 aliphatic carbocycles. The average molecular weight is 610 g/mol. The van der Waals surface area contributed by atoms with Crippen molar-refractivity contribution in [1.82, 2.24) is 4.90 Å². The van der Waals surface area contributed by atoms with Crippen LogP contribution in [0.2, 0.25) is 0 Å². The fraction of sp³-hybridized carbons (Fsp3) is 0.182. The van der Waals surface area contributed by atoms with E-state index in [0.717, 1.165) is 23.4 Å². The van der Waals surface area contributed by atoms with Gasteiger partial charge in [0.15, 0.2) is 17.2 Å². The van der Waals surface area contributed by atoms with Crippen LogP contribution in [-0.2, 0) is 14.4 Å². The number of phenolic OH excluding ortho intramolecular Hbond substituents is 1. The lowest BCUT2D eigenvalue weighted by atomic mass is 9.49. The molecule has 1 amide bonds. The van der Waals surface area contributed by atoms with Crippen molar-refractivity contribution < 1.29 is 44.7 Å². The molecular weight excluding hydrogens is 582 g/mol. The number of phenols is 1. The Balaban J connectivity index is 1.60. The number of hydrogen-bond donors (Lipinski definition) is 6. The Morgan fingerprint density at radius 2 is 1.64 bits per heavy atom. The van der Waals surface area contributed by atoms with Crippen LogP contribution in [0.1, 0.15) is 27.4 Å². The van der Waals surface area contributed by atoms with E-state index in [-0.39, 0.29) is 22.5 Å². The fourth-order valence-electron chi connectivity index (χ4n) is 7.13. The molecule has 228 valence electrons. The molecule has 0 aromatic heterocycles. The highest BCUT2D eigenvalue weighted by molar-refractivity contribution is 6.25. The van der Waals surface area contributed by atoms with E-state index in [1.807, 2.05) is 0 Å². The highest BCUT2D eigenvalue weighted by atomic mass is 16.4. The molecule has 45 heavy (non-hydrogen) atoms. The van der Waals surface area contributed by atoms with Gasteiger partial charge in [0.2, 0.25) is 5.78 Å². The van der Waals surface area contributed by atoms with E-state index in [2.05, 4.69) is 24.7 Å². The molecule has 0 unspecified atom stereocenters. The number of carbonyl (C=O) groups excluding carboxylic acids is 4. The number of fused-ring (bicyclic) bond motifs is 3. The smallest absolute Gasteiger partial charge is 0.255 e. The summed E-state index contributed by atoms with van der Waals surface area (Å²) in [4.78, 5) is 57.7. The zero-order valence-corrected chi connectivity index (χ0v) is 23.5. The predicted molar refractivity (Wildman–Crippen MR) is 161 cm³/mol. The van der Waals surface area contributed by atoms with Crippen molar-refractivity contribution in [3.63, 3.8) is 0 Å². The van der Waals surface area contributed by atoms with E-state index in [4.69, 9.17) is 5.73 Å². The molecule has 0 saturated heterocycles. The van der Waals surface area contributed by atoms with Gasteiger partial charge >= 0.3 is 0 Å². The number of aliphatic hydroxyl groups is 4. The summed E-state index contributed by atoms with van der Waals surface area (Å²) in [6.45, 7) is 10.7. The van der Waals surface area contributed by atoms with Crippen LogP contribution in [-0.4, -0.2) is 83.2 Å². The summed E-state index contributed by atoms with van der Waals surface area (Å²) in [5.74, 6) is -9.67. The number of aliphatic imine (C=N–C) groups is 1. The molecule has 6 rings (SSSR count). The number of ketones is 3. The zero-order valence-electron chi connectivity index (χ0n) is 23.5. The molecule has 1 aliphatic heterocycles. The molecule has 4 aliphatic rings. The lowest BCUT2D eigenvalue weighted by Gasteiger charge is -2.60. The van der Waals surface area contributed by atoms with E-state index in [9.17, 15) is 44.7 Å². The van der Waals surface area contributed by atoms with E-state index in [1.54, 1.807) is 24.3 Å². The number of nitrogens with two attached hydrogens (primary N) is 1. The number of nitrogens with zero attached hydrogens (tertiary/aromatic N) is 2. The standard InChI is InChI=1S/C33H27N3O9/c1-4-19(37)15-9-7-14(8-10-15)16-11-12-17-18-13-35-32(18)23(26(39)20(17)25(16)38)30(43)33(45)22(29(32)42)24(36(5-2)6-3)27(40)21(28(33)41)31(34)44/h4-13,18,22,24,29,38-39,41-42,45H,1-3H2,(H2,34,44)/t18-,22+,24-,29+,32-,33+/m0/s1. The third-order valence-corrected chi connectivity index (χ3v) is 9.29. The number of benzene rings is 2. The number of hydrogen-bond acceptors (Lipinski definition) is 11. The Labute approximate surface area is 255 Å². The first-order chi connectivity index (χ1) is 21.3. The second-order valence-corrected chi connectivity index (χ2v) is 11.2. The number of primary amides is 1. The maximum atomic E-state index is 14.4. The number of rotatable bonds is 7. The van der Waals surface area contributed by atoms with Gasteiger partial charge in [-0.25, -0.2) is 0 Å². The van der Waals surface area contributed by atoms with Gasteiger partial charge in [0.25, 0.3) is 5.91 Å². The summed E-state index contributed by atoms with van der Waals surface area (Å²) in [5.41, 5.74) is -0.288. The minimum absolute atomic E-state index is 0.191. The van der Waals surface area contributed by atoms with Crippen LogP contribution < -0.4 is 5.73 Å². The SMILES string of the molecule is C=CC(=O)c1ccc(-c2ccc3c(c2O)C(O)=C2C(=O)[C@]4(O)C(O)=C(C(N)=O)C(=O)[C@@H](N(C=C)C=C)[C@@H]4[C@@H](O)[C@@]24N=C[C@@H]34)cc1. The van der Waals surface area contributed by atoms with Crippen LogP contribution in [0.25, 0.3) is 16.9 Å². The second kappa shape index (κ2) is 9.71. The Bertz CT molecular complexity index is 1880. The third kappa shape index (κ3) is 3.45. The Hall–Kier alpha value is -5.59. The zero-order chi connectivity index (χ0) is 32.7. The summed E-state index contributed by atoms with van der Waals surface area (Å²) in [6.07, 6.45) is 2.86. The summed E-state index contributed by atoms with van der Waals surface area (Å²) >= 11 is 0. The summed E-state index contributed by atoms with van der Waals surface area (Å²) in [7, 11) is 0. The van der Waals surface area contributed by atoms with Gasteiger partial charge < -0.3 is 36.2 Å². The first kappa shape index (κ1) is 29.5. The van der Waals surface area contributed by atoms with Crippen molar-refractivity contribution in [2.75, 3.05) is 0 Å². The van der Waals surface area contributed by atoms with Crippen molar-refractivity contribution >= 4 is 35.2 Å². The number of Topliss-reactive ketones (excluding diaryl/α,β-unsaturated/α-hetero) is 2. The highest BCUT2D eigenvalue weighted by Gasteiger charge is 2.75. The second-order valence-electron chi connectivity index (χ2n) is 11.2. The van der Waals surface area contributed by atoms with Gasteiger partial charge in [-0.15, -0.1) is 0 Å². The van der Waals surface area contributed by atoms with E-state index < -0.39 is 81.0 Å². The average Bonchev–Trinajstić information content (AvgIpc) is 3.00. The number of aliphatic hydroxyl groups excluding tert-OH is 3. The molecule has 0 radical (unpaired) electrons. The van der Waals surface area contributed by atoms with Crippen LogP contribution in [0.3, 0.4) is 0 Å². The number of aromatic hydroxyl groups is 1. The van der Waals surface area contributed by atoms with Gasteiger partial charge in [0.1, 0.15) is 34.4 Å². The van der Waals surface area contributed by atoms with Gasteiger partial charge in [-0.1, -0.05) is 56.1 Å². The molecule has 0 bridgehead atoms. The van der Waals surface area contributed by atoms with Crippen LogP contribution >= 0.6 is 0 Å². The lowest BCUT2D eigenvalue weighted by molar-refractivity contribution is -0.170. The first-order valence-corrected chi connectivity index (χ1v) is 13.7. The fourth-order valence-corrected chi connectivity index (χ4v) is 7.13. The number of amides is 1. The molecule has 6 atom stereocenters.